The number of likely N-dealkylation sites (tertiary alicyclic amines) is 2. The molecule has 0 spiro atoms. The molecule has 3 heterocycles. The zero-order valence-corrected chi connectivity index (χ0v) is 22.7. The molecule has 39 heavy (non-hydrogen) atoms. The number of carbonyl (C=O) groups excluding carboxylic acids is 1. The van der Waals surface area contributed by atoms with Crippen LogP contribution < -0.4 is 11.1 Å². The van der Waals surface area contributed by atoms with Gasteiger partial charge in [0, 0.05) is 73.0 Å². The van der Waals surface area contributed by atoms with E-state index in [1.807, 2.05) is 11.1 Å². The number of alkyl halides is 3. The number of benzene rings is 1. The van der Waals surface area contributed by atoms with Gasteiger partial charge in [0.2, 0.25) is 0 Å². The summed E-state index contributed by atoms with van der Waals surface area (Å²) in [6, 6.07) is 3.30. The van der Waals surface area contributed by atoms with Crippen molar-refractivity contribution in [1.82, 2.24) is 19.7 Å². The Bertz CT molecular complexity index is 1240. The fraction of sp³-hybridized carbons (Fsp3) is 0.630. The second-order valence-corrected chi connectivity index (χ2v) is 12.7. The molecule has 212 valence electrons. The maximum atomic E-state index is 13.8. The van der Waals surface area contributed by atoms with Crippen molar-refractivity contribution in [3.63, 3.8) is 0 Å². The molecule has 12 heteroatoms. The standard InChI is InChI=1S/C27H34F4N6OS/c1-35-14-18-10-17(35)15-36(18)7-2-8-37(25(38)34-16-3-4-21(28)19(9-16)27(29,30)31)22-5-6-26(11-20(22)26)23-13-33-24(12-32)39-23/h3-4,9,13,17-18,20,22H,2,5-8,10-12,14-15,32H2,1H3,(H,34,38)/t17-,18-,20-,22-,26?/m1/s1. The number of hydrogen-bond acceptors (Lipinski definition) is 6. The SMILES string of the molecule is CN1C[C@H]2C[C@@H]1CN2CCCN(C(=O)Nc1ccc(F)c(C(F)(F)F)c1)[C@@H]1CCC2(c3cnc(CN)s3)C[C@H]12. The third kappa shape index (κ3) is 4.93. The number of nitrogens with one attached hydrogen (secondary N) is 1. The van der Waals surface area contributed by atoms with Crippen LogP contribution in [0.5, 0.6) is 0 Å². The molecule has 5 atom stereocenters. The smallest absolute Gasteiger partial charge is 0.325 e. The van der Waals surface area contributed by atoms with Crippen LogP contribution in [0.3, 0.4) is 0 Å². The molecule has 7 nitrogen and oxygen atoms in total. The van der Waals surface area contributed by atoms with Crippen molar-refractivity contribution < 1.29 is 22.4 Å². The molecular formula is C27H34F4N6OS. The summed E-state index contributed by atoms with van der Waals surface area (Å²) in [6.07, 6.45) is 1.76. The van der Waals surface area contributed by atoms with Crippen molar-refractivity contribution >= 4 is 23.1 Å². The van der Waals surface area contributed by atoms with E-state index < -0.39 is 23.6 Å². The summed E-state index contributed by atoms with van der Waals surface area (Å²) in [5, 5.41) is 3.54. The first-order chi connectivity index (χ1) is 18.6. The first-order valence-corrected chi connectivity index (χ1v) is 14.4. The van der Waals surface area contributed by atoms with Crippen molar-refractivity contribution in [2.75, 3.05) is 38.5 Å². The molecule has 2 aromatic rings. The van der Waals surface area contributed by atoms with Gasteiger partial charge in [-0.25, -0.2) is 14.2 Å². The Morgan fingerprint density at radius 3 is 2.77 bits per heavy atom. The highest BCUT2D eigenvalue weighted by atomic mass is 32.1. The Balaban J connectivity index is 1.17. The molecule has 3 N–H and O–H groups in total. The molecular weight excluding hydrogens is 532 g/mol. The molecule has 1 aromatic carbocycles. The van der Waals surface area contributed by atoms with E-state index in [9.17, 15) is 22.4 Å². The summed E-state index contributed by atoms with van der Waals surface area (Å²) in [7, 11) is 2.16. The second kappa shape index (κ2) is 9.97. The molecule has 2 saturated carbocycles. The zero-order valence-electron chi connectivity index (χ0n) is 21.9. The second-order valence-electron chi connectivity index (χ2n) is 11.5. The number of nitrogens with zero attached hydrogens (tertiary/aromatic N) is 4. The molecule has 2 bridgehead atoms. The lowest BCUT2D eigenvalue weighted by Crippen LogP contribution is -2.47. The zero-order chi connectivity index (χ0) is 27.5. The summed E-state index contributed by atoms with van der Waals surface area (Å²) in [6.45, 7) is 3.89. The number of anilines is 1. The molecule has 1 aromatic heterocycles. The third-order valence-corrected chi connectivity index (χ3v) is 10.6. The van der Waals surface area contributed by atoms with Crippen LogP contribution >= 0.6 is 11.3 Å². The van der Waals surface area contributed by atoms with Crippen LogP contribution in [0.2, 0.25) is 0 Å². The monoisotopic (exact) mass is 566 g/mol. The van der Waals surface area contributed by atoms with Gasteiger partial charge in [-0.05, 0) is 63.3 Å². The summed E-state index contributed by atoms with van der Waals surface area (Å²) < 4.78 is 53.7. The highest BCUT2D eigenvalue weighted by Gasteiger charge is 2.65. The molecule has 4 fully saturated rings. The van der Waals surface area contributed by atoms with Gasteiger partial charge >= 0.3 is 12.2 Å². The van der Waals surface area contributed by atoms with Crippen LogP contribution in [-0.4, -0.2) is 77.1 Å². The number of piperazine rings is 1. The van der Waals surface area contributed by atoms with Gasteiger partial charge in [0.15, 0.2) is 0 Å². The number of nitrogens with two attached hydrogens (primary N) is 1. The van der Waals surface area contributed by atoms with Gasteiger partial charge in [0.05, 0.1) is 5.56 Å². The summed E-state index contributed by atoms with van der Waals surface area (Å²) in [4.78, 5) is 26.0. The minimum Gasteiger partial charge on any atom is -0.325 e. The van der Waals surface area contributed by atoms with Crippen molar-refractivity contribution in [3.8, 4) is 0 Å². The number of hydrogen-bond donors (Lipinski definition) is 2. The molecule has 2 aliphatic heterocycles. The normalized spacial score (nSPS) is 30.1. The van der Waals surface area contributed by atoms with E-state index in [1.54, 1.807) is 11.3 Å². The third-order valence-electron chi connectivity index (χ3n) is 9.36. The number of carbonyl (C=O) groups is 1. The van der Waals surface area contributed by atoms with E-state index in [0.29, 0.717) is 31.2 Å². The molecule has 1 unspecified atom stereocenters. The molecule has 6 rings (SSSR count). The summed E-state index contributed by atoms with van der Waals surface area (Å²) >= 11 is 1.63. The maximum absolute atomic E-state index is 13.8. The summed E-state index contributed by atoms with van der Waals surface area (Å²) in [5.74, 6) is -1.08. The lowest BCUT2D eigenvalue weighted by molar-refractivity contribution is -0.139. The maximum Gasteiger partial charge on any atom is 0.419 e. The fourth-order valence-electron chi connectivity index (χ4n) is 7.25. The molecule has 2 saturated heterocycles. The predicted octanol–water partition coefficient (Wildman–Crippen LogP) is 4.49. The number of halogens is 4. The first-order valence-electron chi connectivity index (χ1n) is 13.6. The van der Waals surface area contributed by atoms with E-state index in [2.05, 4.69) is 27.1 Å². The van der Waals surface area contributed by atoms with E-state index in [4.69, 9.17) is 5.73 Å². The van der Waals surface area contributed by atoms with E-state index >= 15 is 0 Å². The number of urea groups is 1. The van der Waals surface area contributed by atoms with E-state index in [1.165, 1.54) is 17.4 Å². The van der Waals surface area contributed by atoms with Gasteiger partial charge in [-0.1, -0.05) is 0 Å². The quantitative estimate of drug-likeness (QED) is 0.461. The van der Waals surface area contributed by atoms with Gasteiger partial charge in [0.25, 0.3) is 0 Å². The van der Waals surface area contributed by atoms with Crippen LogP contribution in [0.1, 0.15) is 47.6 Å². The van der Waals surface area contributed by atoms with E-state index in [0.717, 1.165) is 56.4 Å². The van der Waals surface area contributed by atoms with Gasteiger partial charge in [-0.3, -0.25) is 4.90 Å². The minimum absolute atomic E-state index is 0.00625. The van der Waals surface area contributed by atoms with Crippen molar-refractivity contribution in [2.45, 2.75) is 68.4 Å². The highest BCUT2D eigenvalue weighted by Crippen LogP contribution is 2.66. The minimum atomic E-state index is -4.84. The number of rotatable bonds is 8. The molecule has 4 aliphatic rings. The summed E-state index contributed by atoms with van der Waals surface area (Å²) in [5.41, 5.74) is 4.34. The average molecular weight is 567 g/mol. The highest BCUT2D eigenvalue weighted by molar-refractivity contribution is 7.11. The Morgan fingerprint density at radius 1 is 1.31 bits per heavy atom. The first kappa shape index (κ1) is 26.9. The van der Waals surface area contributed by atoms with Crippen LogP contribution in [0.25, 0.3) is 0 Å². The largest absolute Gasteiger partial charge is 0.419 e. The van der Waals surface area contributed by atoms with E-state index in [-0.39, 0.29) is 23.1 Å². The predicted molar refractivity (Wildman–Crippen MR) is 141 cm³/mol. The van der Waals surface area contributed by atoms with Gasteiger partial charge in [0.1, 0.15) is 10.8 Å². The van der Waals surface area contributed by atoms with Crippen molar-refractivity contribution in [2.24, 2.45) is 11.7 Å². The van der Waals surface area contributed by atoms with Crippen LogP contribution in [0.15, 0.2) is 24.4 Å². The van der Waals surface area contributed by atoms with Gasteiger partial charge < -0.3 is 20.9 Å². The topological polar surface area (TPSA) is 77.7 Å². The lowest BCUT2D eigenvalue weighted by atomic mass is 10.0. The Kier molecular flexibility index (Phi) is 6.88. The van der Waals surface area contributed by atoms with Crippen LogP contribution in [0.4, 0.5) is 28.0 Å². The fourth-order valence-corrected chi connectivity index (χ4v) is 8.33. The Hall–Kier alpha value is -2.28. The number of thiazole rings is 1. The number of aromatic nitrogens is 1. The van der Waals surface area contributed by atoms with Crippen molar-refractivity contribution in [1.29, 1.82) is 0 Å². The Morgan fingerprint density at radius 2 is 2.13 bits per heavy atom. The van der Waals surface area contributed by atoms with Crippen LogP contribution in [-0.2, 0) is 18.1 Å². The number of likely N-dealkylation sites (N-methyl/N-ethyl adjacent to an activating group) is 1. The molecule has 0 radical (unpaired) electrons. The Labute approximate surface area is 229 Å². The molecule has 2 amide bonds. The van der Waals surface area contributed by atoms with Gasteiger partial charge in [-0.15, -0.1) is 11.3 Å². The number of fused-ring (bicyclic) bond motifs is 3. The average Bonchev–Trinajstić information content (AvgIpc) is 3.34. The van der Waals surface area contributed by atoms with Crippen LogP contribution in [0, 0.1) is 11.7 Å². The number of amides is 2. The van der Waals surface area contributed by atoms with Gasteiger partial charge in [-0.2, -0.15) is 13.2 Å². The molecule has 2 aliphatic carbocycles. The van der Waals surface area contributed by atoms with Crippen molar-refractivity contribution in [3.05, 3.63) is 45.7 Å². The lowest BCUT2D eigenvalue weighted by Gasteiger charge is -2.34.